The third kappa shape index (κ3) is 3.81. The minimum Gasteiger partial charge on any atom is -0.490 e. The lowest BCUT2D eigenvalue weighted by Gasteiger charge is -2.12. The van der Waals surface area contributed by atoms with Crippen LogP contribution in [0.5, 0.6) is 11.5 Å². The molecule has 18 heavy (non-hydrogen) atoms. The molecule has 0 atom stereocenters. The van der Waals surface area contributed by atoms with Gasteiger partial charge in [0.2, 0.25) is 0 Å². The van der Waals surface area contributed by atoms with Gasteiger partial charge < -0.3 is 20.1 Å². The SMILES string of the molecule is CC(C)NCCNc1ccc2c(c1)OCCCO2. The number of nitrogens with one attached hydrogen (secondary N) is 2. The van der Waals surface area contributed by atoms with Crippen LogP contribution in [0.1, 0.15) is 20.3 Å². The Morgan fingerprint density at radius 1 is 1.11 bits per heavy atom. The zero-order valence-electron chi connectivity index (χ0n) is 11.2. The lowest BCUT2D eigenvalue weighted by atomic mass is 10.2. The van der Waals surface area contributed by atoms with Crippen molar-refractivity contribution in [2.24, 2.45) is 0 Å². The van der Waals surface area contributed by atoms with Gasteiger partial charge in [-0.25, -0.2) is 0 Å². The van der Waals surface area contributed by atoms with Crippen LogP contribution in [0.25, 0.3) is 0 Å². The van der Waals surface area contributed by atoms with Gasteiger partial charge in [-0.2, -0.15) is 0 Å². The minimum absolute atomic E-state index is 0.524. The fraction of sp³-hybridized carbons (Fsp3) is 0.571. The van der Waals surface area contributed by atoms with E-state index in [9.17, 15) is 0 Å². The molecule has 0 fully saturated rings. The van der Waals surface area contributed by atoms with Gasteiger partial charge in [-0.05, 0) is 12.1 Å². The average molecular weight is 250 g/mol. The maximum Gasteiger partial charge on any atom is 0.163 e. The van der Waals surface area contributed by atoms with Crippen LogP contribution in [-0.4, -0.2) is 32.3 Å². The van der Waals surface area contributed by atoms with Crippen LogP contribution in [0.3, 0.4) is 0 Å². The Kier molecular flexibility index (Phi) is 4.70. The first kappa shape index (κ1) is 13.0. The third-order valence-electron chi connectivity index (χ3n) is 2.75. The highest BCUT2D eigenvalue weighted by atomic mass is 16.5. The molecule has 1 aromatic rings. The molecular weight excluding hydrogens is 228 g/mol. The number of hydrogen-bond donors (Lipinski definition) is 2. The zero-order chi connectivity index (χ0) is 12.8. The first-order valence-corrected chi connectivity index (χ1v) is 6.62. The second-order valence-corrected chi connectivity index (χ2v) is 4.75. The Balaban J connectivity index is 1.88. The number of rotatable bonds is 5. The second kappa shape index (κ2) is 6.50. The van der Waals surface area contributed by atoms with E-state index in [-0.39, 0.29) is 0 Å². The van der Waals surface area contributed by atoms with E-state index in [0.717, 1.165) is 49.9 Å². The molecule has 2 N–H and O–H groups in total. The summed E-state index contributed by atoms with van der Waals surface area (Å²) in [7, 11) is 0. The zero-order valence-corrected chi connectivity index (χ0v) is 11.2. The van der Waals surface area contributed by atoms with Crippen LogP contribution in [0.15, 0.2) is 18.2 Å². The van der Waals surface area contributed by atoms with E-state index in [2.05, 4.69) is 24.5 Å². The van der Waals surface area contributed by atoms with Crippen LogP contribution in [0.2, 0.25) is 0 Å². The summed E-state index contributed by atoms with van der Waals surface area (Å²) in [4.78, 5) is 0. The highest BCUT2D eigenvalue weighted by Gasteiger charge is 2.10. The van der Waals surface area contributed by atoms with Gasteiger partial charge in [0.1, 0.15) is 0 Å². The normalized spacial score (nSPS) is 14.4. The van der Waals surface area contributed by atoms with Crippen molar-refractivity contribution >= 4 is 5.69 Å². The average Bonchev–Trinajstić information content (AvgIpc) is 2.59. The Labute approximate surface area is 109 Å². The summed E-state index contributed by atoms with van der Waals surface area (Å²) in [6, 6.07) is 6.54. The lowest BCUT2D eigenvalue weighted by molar-refractivity contribution is 0.297. The van der Waals surface area contributed by atoms with Gasteiger partial charge in [-0.3, -0.25) is 0 Å². The molecule has 0 spiro atoms. The molecule has 1 aliphatic heterocycles. The van der Waals surface area contributed by atoms with Crippen LogP contribution in [0.4, 0.5) is 5.69 Å². The summed E-state index contributed by atoms with van der Waals surface area (Å²) in [5.41, 5.74) is 1.07. The smallest absolute Gasteiger partial charge is 0.163 e. The molecule has 4 heteroatoms. The minimum atomic E-state index is 0.524. The predicted molar refractivity (Wildman–Crippen MR) is 73.7 cm³/mol. The van der Waals surface area contributed by atoms with E-state index in [1.165, 1.54) is 0 Å². The molecule has 0 bridgehead atoms. The van der Waals surface area contributed by atoms with Crippen LogP contribution >= 0.6 is 0 Å². The number of ether oxygens (including phenoxy) is 2. The van der Waals surface area contributed by atoms with Crippen LogP contribution < -0.4 is 20.1 Å². The van der Waals surface area contributed by atoms with E-state index >= 15 is 0 Å². The van der Waals surface area contributed by atoms with Crippen molar-refractivity contribution in [3.8, 4) is 11.5 Å². The summed E-state index contributed by atoms with van der Waals surface area (Å²) < 4.78 is 11.2. The maximum absolute atomic E-state index is 5.65. The molecule has 0 radical (unpaired) electrons. The summed E-state index contributed by atoms with van der Waals surface area (Å²) in [5.74, 6) is 1.69. The van der Waals surface area contributed by atoms with Crippen LogP contribution in [-0.2, 0) is 0 Å². The van der Waals surface area contributed by atoms with Crippen LogP contribution in [0, 0.1) is 0 Å². The maximum atomic E-state index is 5.65. The topological polar surface area (TPSA) is 42.5 Å². The first-order chi connectivity index (χ1) is 8.75. The molecule has 0 aliphatic carbocycles. The molecule has 0 saturated heterocycles. The van der Waals surface area contributed by atoms with Crippen molar-refractivity contribution in [3.63, 3.8) is 0 Å². The van der Waals surface area contributed by atoms with Crippen molar-refractivity contribution in [1.29, 1.82) is 0 Å². The van der Waals surface area contributed by atoms with Crippen molar-refractivity contribution < 1.29 is 9.47 Å². The third-order valence-corrected chi connectivity index (χ3v) is 2.75. The summed E-state index contributed by atoms with van der Waals surface area (Å²) in [6.07, 6.45) is 0.940. The molecule has 0 saturated carbocycles. The lowest BCUT2D eigenvalue weighted by Crippen LogP contribution is -2.28. The Hall–Kier alpha value is -1.42. The van der Waals surface area contributed by atoms with Gasteiger partial charge in [0, 0.05) is 37.3 Å². The Morgan fingerprint density at radius 3 is 2.67 bits per heavy atom. The molecule has 4 nitrogen and oxygen atoms in total. The largest absolute Gasteiger partial charge is 0.490 e. The van der Waals surface area contributed by atoms with E-state index in [0.29, 0.717) is 6.04 Å². The molecule has 2 rings (SSSR count). The van der Waals surface area contributed by atoms with Gasteiger partial charge >= 0.3 is 0 Å². The van der Waals surface area contributed by atoms with E-state index in [1.54, 1.807) is 0 Å². The number of benzene rings is 1. The van der Waals surface area contributed by atoms with Gasteiger partial charge in [-0.15, -0.1) is 0 Å². The second-order valence-electron chi connectivity index (χ2n) is 4.75. The Bertz CT molecular complexity index is 380. The summed E-state index contributed by atoms with van der Waals surface area (Å²) in [6.45, 7) is 7.61. The summed E-state index contributed by atoms with van der Waals surface area (Å²) >= 11 is 0. The monoisotopic (exact) mass is 250 g/mol. The molecule has 1 heterocycles. The standard InChI is InChI=1S/C14H22N2O2/c1-11(2)15-6-7-16-12-4-5-13-14(10-12)18-9-3-8-17-13/h4-5,10-11,15-16H,3,6-9H2,1-2H3. The van der Waals surface area contributed by atoms with Crippen molar-refractivity contribution in [3.05, 3.63) is 18.2 Å². The van der Waals surface area contributed by atoms with E-state index in [1.807, 2.05) is 18.2 Å². The van der Waals surface area contributed by atoms with Gasteiger partial charge in [0.05, 0.1) is 13.2 Å². The molecule has 0 aromatic heterocycles. The number of hydrogen-bond acceptors (Lipinski definition) is 4. The van der Waals surface area contributed by atoms with Crippen molar-refractivity contribution in [1.82, 2.24) is 5.32 Å². The highest BCUT2D eigenvalue weighted by Crippen LogP contribution is 2.32. The van der Waals surface area contributed by atoms with Gasteiger partial charge in [0.25, 0.3) is 0 Å². The molecule has 100 valence electrons. The Morgan fingerprint density at radius 2 is 1.89 bits per heavy atom. The van der Waals surface area contributed by atoms with Crippen molar-refractivity contribution in [2.75, 3.05) is 31.6 Å². The summed E-state index contributed by atoms with van der Waals surface area (Å²) in [5, 5.41) is 6.74. The van der Waals surface area contributed by atoms with E-state index < -0.39 is 0 Å². The molecule has 1 aliphatic rings. The molecule has 0 amide bonds. The predicted octanol–water partition coefficient (Wildman–Crippen LogP) is 2.26. The molecule has 0 unspecified atom stereocenters. The van der Waals surface area contributed by atoms with Gasteiger partial charge in [-0.1, -0.05) is 13.8 Å². The fourth-order valence-electron chi connectivity index (χ4n) is 1.84. The van der Waals surface area contributed by atoms with E-state index in [4.69, 9.17) is 9.47 Å². The quantitative estimate of drug-likeness (QED) is 0.787. The molecule has 1 aromatic carbocycles. The number of fused-ring (bicyclic) bond motifs is 1. The fourth-order valence-corrected chi connectivity index (χ4v) is 1.84. The number of anilines is 1. The highest BCUT2D eigenvalue weighted by molar-refractivity contribution is 5.54. The molecular formula is C14H22N2O2. The van der Waals surface area contributed by atoms with Crippen molar-refractivity contribution in [2.45, 2.75) is 26.3 Å². The first-order valence-electron chi connectivity index (χ1n) is 6.62. The van der Waals surface area contributed by atoms with Gasteiger partial charge in [0.15, 0.2) is 11.5 Å².